The molecule has 1 spiro atoms. The molecule has 0 amide bonds. The maximum absolute atomic E-state index is 12.1. The third-order valence-corrected chi connectivity index (χ3v) is 5.84. The van der Waals surface area contributed by atoms with E-state index in [1.165, 1.54) is 6.92 Å². The van der Waals surface area contributed by atoms with Gasteiger partial charge in [0.15, 0.2) is 0 Å². The summed E-state index contributed by atoms with van der Waals surface area (Å²) in [6, 6.07) is 0. The van der Waals surface area contributed by atoms with Crippen LogP contribution in [0.4, 0.5) is 0 Å². The summed E-state index contributed by atoms with van der Waals surface area (Å²) in [6.45, 7) is 9.78. The van der Waals surface area contributed by atoms with Crippen molar-refractivity contribution in [2.75, 3.05) is 6.61 Å². The van der Waals surface area contributed by atoms with E-state index in [4.69, 9.17) is 14.2 Å². The SMILES string of the molecule is C=C1C(=O)O[C@@H]2[C@H]3C(=C)[C@@H](O)C[C@H]3[C@@]3(CO3)C[C@@H](OC(C)=O)[C@@H]12. The minimum atomic E-state index is -0.621. The van der Waals surface area contributed by atoms with Crippen LogP contribution in [0.1, 0.15) is 19.8 Å². The van der Waals surface area contributed by atoms with Gasteiger partial charge in [0.05, 0.1) is 24.2 Å². The number of rotatable bonds is 1. The van der Waals surface area contributed by atoms with Crippen LogP contribution in [-0.4, -0.2) is 47.6 Å². The summed E-state index contributed by atoms with van der Waals surface area (Å²) in [5, 5.41) is 10.2. The Bertz CT molecular complexity index is 619. The van der Waals surface area contributed by atoms with Gasteiger partial charge in [0.1, 0.15) is 12.2 Å². The van der Waals surface area contributed by atoms with Crippen molar-refractivity contribution in [1.82, 2.24) is 0 Å². The zero-order valence-corrected chi connectivity index (χ0v) is 13.0. The van der Waals surface area contributed by atoms with Crippen molar-refractivity contribution in [3.63, 3.8) is 0 Å². The van der Waals surface area contributed by atoms with Crippen LogP contribution in [0.15, 0.2) is 24.3 Å². The summed E-state index contributed by atoms with van der Waals surface area (Å²) < 4.78 is 16.8. The maximum Gasteiger partial charge on any atom is 0.334 e. The molecule has 0 radical (unpaired) electrons. The number of esters is 2. The Morgan fingerprint density at radius 3 is 2.70 bits per heavy atom. The summed E-state index contributed by atoms with van der Waals surface area (Å²) in [7, 11) is 0. The predicted octanol–water partition coefficient (Wildman–Crippen LogP) is 0.742. The number of aliphatic hydroxyl groups excluding tert-OH is 1. The molecule has 124 valence electrons. The van der Waals surface area contributed by atoms with Crippen molar-refractivity contribution in [3.05, 3.63) is 24.3 Å². The minimum absolute atomic E-state index is 0.0109. The molecule has 1 N–H and O–H groups in total. The van der Waals surface area contributed by atoms with E-state index in [1.807, 2.05) is 0 Å². The van der Waals surface area contributed by atoms with Crippen LogP contribution in [0.3, 0.4) is 0 Å². The van der Waals surface area contributed by atoms with E-state index < -0.39 is 41.8 Å². The number of aliphatic hydroxyl groups is 1. The summed E-state index contributed by atoms with van der Waals surface area (Å²) in [6.07, 6.45) is -0.606. The third-order valence-electron chi connectivity index (χ3n) is 5.84. The van der Waals surface area contributed by atoms with Gasteiger partial charge < -0.3 is 19.3 Å². The van der Waals surface area contributed by atoms with Crippen LogP contribution in [0, 0.1) is 17.8 Å². The van der Waals surface area contributed by atoms with Crippen LogP contribution < -0.4 is 0 Å². The van der Waals surface area contributed by atoms with Crippen LogP contribution in [0.5, 0.6) is 0 Å². The average molecular weight is 320 g/mol. The van der Waals surface area contributed by atoms with E-state index in [-0.39, 0.29) is 11.8 Å². The molecule has 0 unspecified atom stereocenters. The first-order valence-corrected chi connectivity index (χ1v) is 7.92. The first kappa shape index (κ1) is 14.9. The Balaban J connectivity index is 1.78. The van der Waals surface area contributed by atoms with Crippen molar-refractivity contribution in [3.8, 4) is 0 Å². The molecule has 0 aromatic heterocycles. The average Bonchev–Trinajstić information content (AvgIpc) is 3.12. The molecule has 0 bridgehead atoms. The number of carbonyl (C=O) groups excluding carboxylic acids is 2. The number of ether oxygens (including phenoxy) is 3. The molecule has 0 aromatic rings. The zero-order valence-electron chi connectivity index (χ0n) is 13.0. The molecule has 2 saturated heterocycles. The first-order valence-electron chi connectivity index (χ1n) is 7.92. The lowest BCUT2D eigenvalue weighted by atomic mass is 9.79. The summed E-state index contributed by atoms with van der Waals surface area (Å²) in [4.78, 5) is 23.6. The monoisotopic (exact) mass is 320 g/mol. The van der Waals surface area contributed by atoms with E-state index in [0.717, 1.165) is 0 Å². The van der Waals surface area contributed by atoms with Crippen molar-refractivity contribution >= 4 is 11.9 Å². The highest BCUT2D eigenvalue weighted by Crippen LogP contribution is 2.59. The Morgan fingerprint density at radius 1 is 1.39 bits per heavy atom. The molecule has 6 nitrogen and oxygen atoms in total. The van der Waals surface area contributed by atoms with E-state index in [0.29, 0.717) is 30.6 Å². The van der Waals surface area contributed by atoms with Crippen LogP contribution in [0.2, 0.25) is 0 Å². The Labute approximate surface area is 134 Å². The molecule has 2 saturated carbocycles. The van der Waals surface area contributed by atoms with E-state index in [9.17, 15) is 14.7 Å². The zero-order chi connectivity index (χ0) is 16.5. The number of hydrogen-bond donors (Lipinski definition) is 1. The standard InChI is InChI=1S/C17H20O6/c1-7-11(19)4-10-13(7)15-14(8(2)16(20)23-15)12(22-9(3)18)5-17(10)6-21-17/h10-15,19H,1-2,4-6H2,3H3/t10-,11+,12-,13+,14-,15-,17+/m1/s1. The van der Waals surface area contributed by atoms with E-state index in [1.54, 1.807) is 0 Å². The molecule has 4 aliphatic rings. The first-order chi connectivity index (χ1) is 10.8. The number of hydrogen-bond acceptors (Lipinski definition) is 6. The lowest BCUT2D eigenvalue weighted by Crippen LogP contribution is -2.35. The highest BCUT2D eigenvalue weighted by Gasteiger charge is 2.67. The van der Waals surface area contributed by atoms with Crippen molar-refractivity contribution in [1.29, 1.82) is 0 Å². The normalized spacial score (nSPS) is 47.8. The van der Waals surface area contributed by atoms with Gasteiger partial charge in [0.2, 0.25) is 0 Å². The molecule has 2 aliphatic heterocycles. The van der Waals surface area contributed by atoms with Gasteiger partial charge in [-0.2, -0.15) is 0 Å². The van der Waals surface area contributed by atoms with Crippen molar-refractivity contribution in [2.24, 2.45) is 17.8 Å². The summed E-state index contributed by atoms with van der Waals surface area (Å²) in [5.41, 5.74) is 0.570. The van der Waals surface area contributed by atoms with Crippen LogP contribution >= 0.6 is 0 Å². The van der Waals surface area contributed by atoms with Gasteiger partial charge in [-0.05, 0) is 12.0 Å². The van der Waals surface area contributed by atoms with Gasteiger partial charge in [-0.3, -0.25) is 4.79 Å². The van der Waals surface area contributed by atoms with Crippen molar-refractivity contribution in [2.45, 2.75) is 43.7 Å². The van der Waals surface area contributed by atoms with E-state index >= 15 is 0 Å². The van der Waals surface area contributed by atoms with Gasteiger partial charge in [0, 0.05) is 30.8 Å². The quantitative estimate of drug-likeness (QED) is 0.332. The second-order valence-electron chi connectivity index (χ2n) is 7.09. The Morgan fingerprint density at radius 2 is 2.09 bits per heavy atom. The Kier molecular flexibility index (Phi) is 3.03. The van der Waals surface area contributed by atoms with E-state index in [2.05, 4.69) is 13.2 Å². The van der Waals surface area contributed by atoms with Gasteiger partial charge in [-0.1, -0.05) is 13.2 Å². The fourth-order valence-electron chi connectivity index (χ4n) is 4.71. The highest BCUT2D eigenvalue weighted by atomic mass is 16.6. The molecular formula is C17H20O6. The molecule has 2 aliphatic carbocycles. The molecule has 4 fully saturated rings. The molecule has 7 atom stereocenters. The molecular weight excluding hydrogens is 300 g/mol. The second-order valence-corrected chi connectivity index (χ2v) is 7.09. The van der Waals surface area contributed by atoms with Crippen molar-refractivity contribution < 1.29 is 28.9 Å². The van der Waals surface area contributed by atoms with Crippen LogP contribution in [-0.2, 0) is 23.8 Å². The third kappa shape index (κ3) is 2.01. The Hall–Kier alpha value is -1.66. The van der Waals surface area contributed by atoms with Crippen LogP contribution in [0.25, 0.3) is 0 Å². The van der Waals surface area contributed by atoms with Gasteiger partial charge in [0.25, 0.3) is 0 Å². The number of carbonyl (C=O) groups is 2. The summed E-state index contributed by atoms with van der Waals surface area (Å²) in [5.74, 6) is -1.46. The lowest BCUT2D eigenvalue weighted by Gasteiger charge is -2.28. The van der Waals surface area contributed by atoms with Gasteiger partial charge >= 0.3 is 11.9 Å². The highest BCUT2D eigenvalue weighted by molar-refractivity contribution is 5.91. The van der Waals surface area contributed by atoms with Gasteiger partial charge in [-0.25, -0.2) is 4.79 Å². The molecule has 23 heavy (non-hydrogen) atoms. The fraction of sp³-hybridized carbons (Fsp3) is 0.647. The van der Waals surface area contributed by atoms with Gasteiger partial charge in [-0.15, -0.1) is 0 Å². The second kappa shape index (κ2) is 4.68. The predicted molar refractivity (Wildman–Crippen MR) is 78.1 cm³/mol. The minimum Gasteiger partial charge on any atom is -0.462 e. The number of epoxide rings is 1. The lowest BCUT2D eigenvalue weighted by molar-refractivity contribution is -0.150. The summed E-state index contributed by atoms with van der Waals surface area (Å²) >= 11 is 0. The fourth-order valence-corrected chi connectivity index (χ4v) is 4.71. The maximum atomic E-state index is 12.1. The topological polar surface area (TPSA) is 85.4 Å². The smallest absolute Gasteiger partial charge is 0.334 e. The number of fused-ring (bicyclic) bond motifs is 4. The molecule has 0 aromatic carbocycles. The molecule has 2 heterocycles. The molecule has 6 heteroatoms. The largest absolute Gasteiger partial charge is 0.462 e. The molecule has 4 rings (SSSR count).